The van der Waals surface area contributed by atoms with E-state index in [4.69, 9.17) is 4.98 Å². The smallest absolute Gasteiger partial charge is 0.215 e. The van der Waals surface area contributed by atoms with Crippen molar-refractivity contribution in [1.29, 1.82) is 0 Å². The molecule has 0 bridgehead atoms. The van der Waals surface area contributed by atoms with Crippen molar-refractivity contribution in [2.75, 3.05) is 0 Å². The molecule has 3 nitrogen and oxygen atoms in total. The lowest BCUT2D eigenvalue weighted by atomic mass is 9.95. The molecule has 0 fully saturated rings. The van der Waals surface area contributed by atoms with Crippen molar-refractivity contribution < 1.29 is 4.57 Å². The molecule has 3 heteroatoms. The number of hydrogen-bond acceptors (Lipinski definition) is 1. The summed E-state index contributed by atoms with van der Waals surface area (Å²) in [6.45, 7) is 8.89. The van der Waals surface area contributed by atoms with E-state index in [9.17, 15) is 0 Å². The number of rotatable bonds is 1. The van der Waals surface area contributed by atoms with Crippen LogP contribution in [0.4, 0.5) is 0 Å². The Morgan fingerprint density at radius 3 is 2.52 bits per heavy atom. The van der Waals surface area contributed by atoms with Gasteiger partial charge in [-0.3, -0.25) is 4.57 Å². The number of aromatic nitrogens is 3. The van der Waals surface area contributed by atoms with Gasteiger partial charge in [-0.05, 0) is 67.6 Å². The van der Waals surface area contributed by atoms with Crippen LogP contribution in [0, 0.1) is 27.7 Å². The molecule has 0 spiro atoms. The Hall–Kier alpha value is -3.46. The van der Waals surface area contributed by atoms with E-state index in [2.05, 4.69) is 98.5 Å². The summed E-state index contributed by atoms with van der Waals surface area (Å²) in [5, 5.41) is 1.35. The van der Waals surface area contributed by atoms with E-state index in [1.807, 2.05) is 0 Å². The molecule has 3 aromatic carbocycles. The molecule has 0 saturated heterocycles. The van der Waals surface area contributed by atoms with E-state index < -0.39 is 0 Å². The monoisotopic (exact) mass is 404 g/mol. The maximum absolute atomic E-state index is 5.08. The van der Waals surface area contributed by atoms with Crippen LogP contribution in [-0.4, -0.2) is 9.55 Å². The third-order valence-corrected chi connectivity index (χ3v) is 7.09. The number of nitrogens with zero attached hydrogens (tertiary/aromatic N) is 3. The average molecular weight is 405 g/mol. The molecule has 6 rings (SSSR count). The van der Waals surface area contributed by atoms with Gasteiger partial charge >= 0.3 is 0 Å². The van der Waals surface area contributed by atoms with Crippen LogP contribution in [0.1, 0.15) is 33.6 Å². The standard InChI is InChI=1S/C28H26N3/c1-16-9-8-12-23-26(16)18(3)14-24(30(23)5)27-19(4)17(2)13-21-28(27)31-22-11-7-6-10-20(22)15-25(31)29-21/h6-14H,15H2,1-5H3/q+1. The molecular weight excluding hydrogens is 378 g/mol. The molecule has 152 valence electrons. The molecule has 0 N–H and O–H groups in total. The highest BCUT2D eigenvalue weighted by Crippen LogP contribution is 2.39. The highest BCUT2D eigenvalue weighted by atomic mass is 15.1. The van der Waals surface area contributed by atoms with Gasteiger partial charge in [-0.2, -0.15) is 4.57 Å². The highest BCUT2D eigenvalue weighted by molar-refractivity contribution is 5.97. The van der Waals surface area contributed by atoms with Crippen molar-refractivity contribution in [1.82, 2.24) is 9.55 Å². The zero-order valence-corrected chi connectivity index (χ0v) is 18.7. The molecule has 1 aliphatic heterocycles. The lowest BCUT2D eigenvalue weighted by molar-refractivity contribution is -0.633. The van der Waals surface area contributed by atoms with Crippen molar-refractivity contribution in [2.24, 2.45) is 7.05 Å². The number of aryl methyl sites for hydroxylation is 4. The van der Waals surface area contributed by atoms with Crippen LogP contribution in [0.3, 0.4) is 0 Å². The minimum absolute atomic E-state index is 0.893. The molecule has 0 unspecified atom stereocenters. The number of fused-ring (bicyclic) bond motifs is 6. The van der Waals surface area contributed by atoms with Gasteiger partial charge < -0.3 is 0 Å². The fourth-order valence-corrected chi connectivity index (χ4v) is 5.44. The second-order valence-electron chi connectivity index (χ2n) is 8.97. The van der Waals surface area contributed by atoms with Crippen molar-refractivity contribution in [3.05, 3.63) is 88.2 Å². The molecule has 0 atom stereocenters. The minimum atomic E-state index is 0.893. The fraction of sp³-hybridized carbons (Fsp3) is 0.214. The van der Waals surface area contributed by atoms with Crippen molar-refractivity contribution in [3.8, 4) is 16.9 Å². The Kier molecular flexibility index (Phi) is 3.71. The van der Waals surface area contributed by atoms with Crippen LogP contribution < -0.4 is 4.57 Å². The Morgan fingerprint density at radius 2 is 1.68 bits per heavy atom. The van der Waals surface area contributed by atoms with Crippen LogP contribution in [0.25, 0.3) is 38.9 Å². The zero-order valence-electron chi connectivity index (χ0n) is 18.7. The van der Waals surface area contributed by atoms with Crippen molar-refractivity contribution in [3.63, 3.8) is 0 Å². The van der Waals surface area contributed by atoms with Gasteiger partial charge in [0.2, 0.25) is 11.2 Å². The first-order valence-electron chi connectivity index (χ1n) is 10.9. The molecular formula is C28H26N3+. The van der Waals surface area contributed by atoms with Gasteiger partial charge in [0, 0.05) is 18.6 Å². The summed E-state index contributed by atoms with van der Waals surface area (Å²) in [7, 11) is 2.19. The number of para-hydroxylation sites is 1. The summed E-state index contributed by atoms with van der Waals surface area (Å²) in [4.78, 5) is 5.08. The van der Waals surface area contributed by atoms with Crippen LogP contribution in [-0.2, 0) is 13.5 Å². The number of hydrogen-bond donors (Lipinski definition) is 0. The molecule has 5 aromatic rings. The lowest BCUT2D eigenvalue weighted by Gasteiger charge is -2.14. The Bertz CT molecular complexity index is 1550. The predicted molar refractivity (Wildman–Crippen MR) is 127 cm³/mol. The maximum Gasteiger partial charge on any atom is 0.215 e. The molecule has 0 amide bonds. The zero-order chi connectivity index (χ0) is 21.4. The molecule has 0 saturated carbocycles. The third-order valence-electron chi connectivity index (χ3n) is 7.09. The van der Waals surface area contributed by atoms with Crippen LogP contribution >= 0.6 is 0 Å². The van der Waals surface area contributed by atoms with E-state index in [1.165, 1.54) is 61.2 Å². The number of pyridine rings is 1. The first-order chi connectivity index (χ1) is 15.0. The maximum atomic E-state index is 5.08. The SMILES string of the molecule is Cc1cc2nc3n(c2c(-c2cc(C)c4c(C)cccc4[n+]2C)c1C)-c1ccccc1C3. The van der Waals surface area contributed by atoms with Gasteiger partial charge in [-0.1, -0.05) is 30.3 Å². The fourth-order valence-electron chi connectivity index (χ4n) is 5.44. The average Bonchev–Trinajstić information content (AvgIpc) is 3.27. The molecule has 1 aliphatic rings. The van der Waals surface area contributed by atoms with Crippen molar-refractivity contribution in [2.45, 2.75) is 34.1 Å². The minimum Gasteiger partial charge on any atom is -0.295 e. The first-order valence-corrected chi connectivity index (χ1v) is 10.9. The summed E-state index contributed by atoms with van der Waals surface area (Å²) >= 11 is 0. The van der Waals surface area contributed by atoms with Crippen LogP contribution in [0.5, 0.6) is 0 Å². The predicted octanol–water partition coefficient (Wildman–Crippen LogP) is 5.81. The van der Waals surface area contributed by atoms with Crippen LogP contribution in [0.15, 0.2) is 54.6 Å². The first kappa shape index (κ1) is 18.3. The lowest BCUT2D eigenvalue weighted by Crippen LogP contribution is -2.33. The summed E-state index contributed by atoms with van der Waals surface area (Å²) in [6, 6.07) is 19.9. The van der Waals surface area contributed by atoms with Gasteiger partial charge in [0.05, 0.1) is 27.7 Å². The van der Waals surface area contributed by atoms with Gasteiger partial charge in [0.15, 0.2) is 0 Å². The molecule has 2 aromatic heterocycles. The second-order valence-corrected chi connectivity index (χ2v) is 8.97. The van der Waals surface area contributed by atoms with Crippen LogP contribution in [0.2, 0.25) is 0 Å². The Balaban J connectivity index is 1.78. The Morgan fingerprint density at radius 1 is 0.871 bits per heavy atom. The largest absolute Gasteiger partial charge is 0.295 e. The van der Waals surface area contributed by atoms with E-state index in [-0.39, 0.29) is 0 Å². The summed E-state index contributed by atoms with van der Waals surface area (Å²) in [5.41, 5.74) is 14.0. The summed E-state index contributed by atoms with van der Waals surface area (Å²) in [6.07, 6.45) is 0.893. The third kappa shape index (κ3) is 2.40. The molecule has 0 aliphatic carbocycles. The van der Waals surface area contributed by atoms with Crippen molar-refractivity contribution >= 4 is 21.9 Å². The van der Waals surface area contributed by atoms with Gasteiger partial charge in [0.1, 0.15) is 12.9 Å². The highest BCUT2D eigenvalue weighted by Gasteiger charge is 2.29. The van der Waals surface area contributed by atoms with Gasteiger partial charge in [-0.25, -0.2) is 4.98 Å². The Labute approximate surface area is 182 Å². The van der Waals surface area contributed by atoms with E-state index >= 15 is 0 Å². The quantitative estimate of drug-likeness (QED) is 0.317. The summed E-state index contributed by atoms with van der Waals surface area (Å²) < 4.78 is 4.75. The normalized spacial score (nSPS) is 12.5. The molecule has 31 heavy (non-hydrogen) atoms. The van der Waals surface area contributed by atoms with Gasteiger partial charge in [0.25, 0.3) is 0 Å². The van der Waals surface area contributed by atoms with E-state index in [0.717, 1.165) is 17.8 Å². The van der Waals surface area contributed by atoms with E-state index in [1.54, 1.807) is 0 Å². The topological polar surface area (TPSA) is 21.7 Å². The van der Waals surface area contributed by atoms with E-state index in [0.29, 0.717) is 0 Å². The second kappa shape index (κ2) is 6.27. The number of imidazole rings is 1. The molecule has 3 heterocycles. The van der Waals surface area contributed by atoms with Gasteiger partial charge in [-0.15, -0.1) is 0 Å². The molecule has 0 radical (unpaired) electrons. The summed E-state index contributed by atoms with van der Waals surface area (Å²) in [5.74, 6) is 1.14. The number of benzene rings is 3.